The predicted molar refractivity (Wildman–Crippen MR) is 85.1 cm³/mol. The van der Waals surface area contributed by atoms with Gasteiger partial charge in [0.2, 0.25) is 11.9 Å². The van der Waals surface area contributed by atoms with Gasteiger partial charge >= 0.3 is 0 Å². The number of nitrogen functional groups attached to an aromatic ring is 1. The van der Waals surface area contributed by atoms with Gasteiger partial charge in [-0.05, 0) is 19.2 Å². The quantitative estimate of drug-likeness (QED) is 0.906. The van der Waals surface area contributed by atoms with Crippen molar-refractivity contribution in [3.05, 3.63) is 40.4 Å². The molecule has 0 aliphatic rings. The fraction of sp³-hybridized carbons (Fsp3) is 0.357. The second-order valence-corrected chi connectivity index (χ2v) is 5.58. The Hall–Kier alpha value is -1.99. The molecule has 0 radical (unpaired) electrons. The molecule has 22 heavy (non-hydrogen) atoms. The molecule has 0 saturated carbocycles. The molecule has 0 spiro atoms. The topological polar surface area (TPSA) is 71.2 Å². The van der Waals surface area contributed by atoms with E-state index < -0.39 is 0 Å². The van der Waals surface area contributed by atoms with Crippen LogP contribution in [0.15, 0.2) is 18.2 Å². The zero-order valence-corrected chi connectivity index (χ0v) is 13.5. The van der Waals surface area contributed by atoms with E-state index in [2.05, 4.69) is 15.0 Å². The molecule has 0 amide bonds. The number of hydrogen-bond acceptors (Lipinski definition) is 6. The minimum absolute atomic E-state index is 0.158. The lowest BCUT2D eigenvalue weighted by Gasteiger charge is -2.18. The lowest BCUT2D eigenvalue weighted by molar-refractivity contribution is 0.305. The van der Waals surface area contributed by atoms with Gasteiger partial charge in [-0.25, -0.2) is 4.39 Å². The molecule has 118 valence electrons. The first kappa shape index (κ1) is 16.4. The van der Waals surface area contributed by atoms with Crippen molar-refractivity contribution in [3.8, 4) is 0 Å². The van der Waals surface area contributed by atoms with Crippen molar-refractivity contribution in [2.45, 2.75) is 13.1 Å². The van der Waals surface area contributed by atoms with Gasteiger partial charge in [0.25, 0.3) is 0 Å². The Kier molecular flexibility index (Phi) is 5.10. The van der Waals surface area contributed by atoms with Gasteiger partial charge in [-0.15, -0.1) is 0 Å². The zero-order valence-electron chi connectivity index (χ0n) is 12.7. The first-order valence-corrected chi connectivity index (χ1v) is 7.04. The highest BCUT2D eigenvalue weighted by Crippen LogP contribution is 2.20. The number of rotatable bonds is 5. The first-order valence-electron chi connectivity index (χ1n) is 6.66. The third-order valence-electron chi connectivity index (χ3n) is 2.99. The highest BCUT2D eigenvalue weighted by atomic mass is 35.5. The summed E-state index contributed by atoms with van der Waals surface area (Å²) in [5.74, 6) is 0.834. The number of nitrogens with zero attached hydrogens (tertiary/aromatic N) is 5. The molecule has 2 N–H and O–H groups in total. The SMILES string of the molecule is CN(Cc1nc(N)nc(N(C)C)n1)Cc1c(F)cccc1Cl. The Morgan fingerprint density at radius 2 is 1.86 bits per heavy atom. The summed E-state index contributed by atoms with van der Waals surface area (Å²) in [5.41, 5.74) is 6.13. The van der Waals surface area contributed by atoms with E-state index in [0.29, 0.717) is 35.4 Å². The van der Waals surface area contributed by atoms with Gasteiger partial charge in [-0.3, -0.25) is 4.90 Å². The maximum Gasteiger partial charge on any atom is 0.229 e. The molecular weight excluding hydrogens is 307 g/mol. The maximum absolute atomic E-state index is 13.8. The van der Waals surface area contributed by atoms with Crippen LogP contribution in [0.4, 0.5) is 16.3 Å². The maximum atomic E-state index is 13.8. The second-order valence-electron chi connectivity index (χ2n) is 5.18. The lowest BCUT2D eigenvalue weighted by Crippen LogP contribution is -2.22. The van der Waals surface area contributed by atoms with Crippen LogP contribution in [0.3, 0.4) is 0 Å². The van der Waals surface area contributed by atoms with Gasteiger partial charge in [0.15, 0.2) is 0 Å². The number of aromatic nitrogens is 3. The van der Waals surface area contributed by atoms with Crippen LogP contribution in [-0.2, 0) is 13.1 Å². The van der Waals surface area contributed by atoms with Gasteiger partial charge in [0.1, 0.15) is 11.6 Å². The summed E-state index contributed by atoms with van der Waals surface area (Å²) >= 11 is 6.03. The van der Waals surface area contributed by atoms with Crippen LogP contribution in [0.5, 0.6) is 0 Å². The fourth-order valence-electron chi connectivity index (χ4n) is 1.95. The molecule has 1 aromatic heterocycles. The molecule has 1 heterocycles. The number of nitrogens with two attached hydrogens (primary N) is 1. The fourth-order valence-corrected chi connectivity index (χ4v) is 2.17. The van der Waals surface area contributed by atoms with Crippen molar-refractivity contribution in [3.63, 3.8) is 0 Å². The Morgan fingerprint density at radius 1 is 1.14 bits per heavy atom. The number of halogens is 2. The van der Waals surface area contributed by atoms with E-state index in [0.717, 1.165) is 0 Å². The van der Waals surface area contributed by atoms with E-state index in [1.165, 1.54) is 6.07 Å². The van der Waals surface area contributed by atoms with E-state index in [1.807, 2.05) is 26.0 Å². The molecule has 8 heteroatoms. The molecule has 1 aromatic carbocycles. The van der Waals surface area contributed by atoms with E-state index in [1.54, 1.807) is 17.0 Å². The van der Waals surface area contributed by atoms with Gasteiger partial charge in [0, 0.05) is 31.2 Å². The molecule has 6 nitrogen and oxygen atoms in total. The molecule has 0 atom stereocenters. The van der Waals surface area contributed by atoms with Gasteiger partial charge < -0.3 is 10.6 Å². The third-order valence-corrected chi connectivity index (χ3v) is 3.34. The first-order chi connectivity index (χ1) is 10.4. The van der Waals surface area contributed by atoms with Crippen molar-refractivity contribution < 1.29 is 4.39 Å². The highest BCUT2D eigenvalue weighted by molar-refractivity contribution is 6.31. The molecule has 0 bridgehead atoms. The lowest BCUT2D eigenvalue weighted by atomic mass is 10.2. The minimum Gasteiger partial charge on any atom is -0.368 e. The normalized spacial score (nSPS) is 11.0. The van der Waals surface area contributed by atoms with Gasteiger partial charge in [0.05, 0.1) is 6.54 Å². The summed E-state index contributed by atoms with van der Waals surface area (Å²) in [5, 5.41) is 0.399. The number of hydrogen-bond donors (Lipinski definition) is 1. The van der Waals surface area contributed by atoms with Crippen molar-refractivity contribution in [1.29, 1.82) is 0 Å². The summed E-state index contributed by atoms with van der Waals surface area (Å²) in [4.78, 5) is 16.1. The predicted octanol–water partition coefficient (Wildman–Crippen LogP) is 1.94. The Labute approximate surface area is 133 Å². The Bertz CT molecular complexity index is 644. The van der Waals surface area contributed by atoms with Crippen molar-refractivity contribution >= 4 is 23.5 Å². The Balaban J connectivity index is 2.14. The summed E-state index contributed by atoms with van der Waals surface area (Å²) in [6.45, 7) is 0.743. The molecule has 0 aliphatic carbocycles. The van der Waals surface area contributed by atoms with Gasteiger partial charge in [-0.1, -0.05) is 17.7 Å². The van der Waals surface area contributed by atoms with Crippen molar-refractivity contribution in [2.24, 2.45) is 0 Å². The van der Waals surface area contributed by atoms with E-state index in [9.17, 15) is 4.39 Å². The van der Waals surface area contributed by atoms with Crippen LogP contribution < -0.4 is 10.6 Å². The molecular formula is C14H18ClFN6. The highest BCUT2D eigenvalue weighted by Gasteiger charge is 2.13. The molecule has 2 rings (SSSR count). The van der Waals surface area contributed by atoms with Crippen LogP contribution in [0, 0.1) is 5.82 Å². The zero-order chi connectivity index (χ0) is 16.3. The monoisotopic (exact) mass is 324 g/mol. The van der Waals surface area contributed by atoms with Crippen molar-refractivity contribution in [2.75, 3.05) is 31.8 Å². The third kappa shape index (κ3) is 4.02. The Morgan fingerprint density at radius 3 is 2.50 bits per heavy atom. The van der Waals surface area contributed by atoms with Gasteiger partial charge in [-0.2, -0.15) is 15.0 Å². The molecule has 0 fully saturated rings. The summed E-state index contributed by atoms with van der Waals surface area (Å²) < 4.78 is 13.8. The van der Waals surface area contributed by atoms with E-state index in [4.69, 9.17) is 17.3 Å². The standard InChI is InChI=1S/C14H18ClFN6/c1-21(2)14-19-12(18-13(17)20-14)8-22(3)7-9-10(15)5-4-6-11(9)16/h4-6H,7-8H2,1-3H3,(H2,17,18,19,20). The molecule has 0 saturated heterocycles. The molecule has 2 aromatic rings. The van der Waals surface area contributed by atoms with E-state index in [-0.39, 0.29) is 11.8 Å². The summed E-state index contributed by atoms with van der Waals surface area (Å²) in [6.07, 6.45) is 0. The average molecular weight is 325 g/mol. The second kappa shape index (κ2) is 6.85. The van der Waals surface area contributed by atoms with Crippen LogP contribution in [-0.4, -0.2) is 41.0 Å². The van der Waals surface area contributed by atoms with Crippen LogP contribution >= 0.6 is 11.6 Å². The smallest absolute Gasteiger partial charge is 0.229 e. The molecule has 0 aliphatic heterocycles. The average Bonchev–Trinajstić information content (AvgIpc) is 2.42. The molecule has 0 unspecified atom stereocenters. The minimum atomic E-state index is -0.330. The van der Waals surface area contributed by atoms with Crippen molar-refractivity contribution in [1.82, 2.24) is 19.9 Å². The van der Waals surface area contributed by atoms with E-state index >= 15 is 0 Å². The summed E-state index contributed by atoms with van der Waals surface area (Å²) in [7, 11) is 5.47. The summed E-state index contributed by atoms with van der Waals surface area (Å²) in [6, 6.07) is 4.64. The van der Waals surface area contributed by atoms with Crippen LogP contribution in [0.2, 0.25) is 5.02 Å². The largest absolute Gasteiger partial charge is 0.368 e. The van der Waals surface area contributed by atoms with Crippen LogP contribution in [0.25, 0.3) is 0 Å². The number of anilines is 2. The number of benzene rings is 1. The van der Waals surface area contributed by atoms with Crippen LogP contribution in [0.1, 0.15) is 11.4 Å².